The van der Waals surface area contributed by atoms with Crippen molar-refractivity contribution in [3.63, 3.8) is 0 Å². The summed E-state index contributed by atoms with van der Waals surface area (Å²) >= 11 is 6.09. The van der Waals surface area contributed by atoms with Crippen LogP contribution in [0.5, 0.6) is 0 Å². The molecule has 1 heterocycles. The number of carbonyl (C=O) groups excluding carboxylic acids is 1. The number of guanidine groups is 1. The first-order chi connectivity index (χ1) is 13.8. The number of hydrogen-bond acceptors (Lipinski definition) is 3. The monoisotopic (exact) mass is 418 g/mol. The Morgan fingerprint density at radius 1 is 1.24 bits per heavy atom. The van der Waals surface area contributed by atoms with Gasteiger partial charge in [-0.05, 0) is 44.8 Å². The molecule has 0 aliphatic heterocycles. The molecule has 2 rings (SSSR count). The highest BCUT2D eigenvalue weighted by Crippen LogP contribution is 2.15. The number of amides is 1. The van der Waals surface area contributed by atoms with Gasteiger partial charge >= 0.3 is 0 Å². The number of aromatic nitrogens is 1. The van der Waals surface area contributed by atoms with E-state index in [-0.39, 0.29) is 5.91 Å². The van der Waals surface area contributed by atoms with E-state index in [9.17, 15) is 4.79 Å². The fourth-order valence-electron chi connectivity index (χ4n) is 2.91. The molecular weight excluding hydrogens is 388 g/mol. The second kappa shape index (κ2) is 10.9. The molecule has 0 spiro atoms. The number of aliphatic imine (C=N–C) groups is 1. The molecule has 158 valence electrons. The van der Waals surface area contributed by atoms with Gasteiger partial charge in [-0.25, -0.2) is 4.99 Å². The molecule has 1 aromatic carbocycles. The first-order valence-electron chi connectivity index (χ1n) is 9.62. The largest absolute Gasteiger partial charge is 0.357 e. The molecule has 0 bridgehead atoms. The molecule has 0 aliphatic rings. The maximum Gasteiger partial charge on any atom is 0.238 e. The minimum absolute atomic E-state index is 0.0371. The number of carbonyl (C=O) groups is 1. The zero-order valence-electron chi connectivity index (χ0n) is 17.9. The van der Waals surface area contributed by atoms with E-state index in [0.29, 0.717) is 19.6 Å². The summed E-state index contributed by atoms with van der Waals surface area (Å²) in [4.78, 5) is 20.6. The third-order valence-electron chi connectivity index (χ3n) is 4.25. The van der Waals surface area contributed by atoms with Gasteiger partial charge in [0.2, 0.25) is 5.91 Å². The van der Waals surface area contributed by atoms with Crippen molar-refractivity contribution in [3.8, 4) is 0 Å². The predicted octanol–water partition coefficient (Wildman–Crippen LogP) is 2.78. The summed E-state index contributed by atoms with van der Waals surface area (Å²) < 4.78 is 2.02. The highest BCUT2D eigenvalue weighted by atomic mass is 35.5. The third kappa shape index (κ3) is 7.44. The molecule has 2 aromatic rings. The number of nitrogens with zero attached hydrogens (tertiary/aromatic N) is 4. The standard InChI is InChI=1S/C21H31ClN6O/c1-6-23-21(28(5)14-19-11-17(22)13-27(19)4)24-12-16-8-7-9-18(10-16)25-20(29)15-26(2)3/h7-11,13H,6,12,14-15H2,1-5H3,(H,23,24)(H,25,29). The van der Waals surface area contributed by atoms with E-state index >= 15 is 0 Å². The lowest BCUT2D eigenvalue weighted by molar-refractivity contribution is -0.116. The molecule has 1 aromatic heterocycles. The number of anilines is 1. The van der Waals surface area contributed by atoms with Crippen molar-refractivity contribution in [2.45, 2.75) is 20.0 Å². The van der Waals surface area contributed by atoms with E-state index in [0.717, 1.165) is 34.5 Å². The van der Waals surface area contributed by atoms with Crippen LogP contribution in [0, 0.1) is 0 Å². The SMILES string of the molecule is CCNC(=NCc1cccc(NC(=O)CN(C)C)c1)N(C)Cc1cc(Cl)cn1C. The van der Waals surface area contributed by atoms with Crippen LogP contribution in [0.3, 0.4) is 0 Å². The molecule has 0 unspecified atom stereocenters. The normalized spacial score (nSPS) is 11.6. The van der Waals surface area contributed by atoms with Crippen molar-refractivity contribution < 1.29 is 4.79 Å². The zero-order chi connectivity index (χ0) is 21.4. The minimum Gasteiger partial charge on any atom is -0.357 e. The van der Waals surface area contributed by atoms with Crippen LogP contribution < -0.4 is 10.6 Å². The van der Waals surface area contributed by atoms with Gasteiger partial charge in [-0.2, -0.15) is 0 Å². The third-order valence-corrected chi connectivity index (χ3v) is 4.46. The quantitative estimate of drug-likeness (QED) is 0.511. The van der Waals surface area contributed by atoms with Crippen LogP contribution in [0.4, 0.5) is 5.69 Å². The number of hydrogen-bond donors (Lipinski definition) is 2. The lowest BCUT2D eigenvalue weighted by atomic mass is 10.2. The second-order valence-corrected chi connectivity index (χ2v) is 7.71. The van der Waals surface area contributed by atoms with E-state index in [1.807, 2.05) is 81.1 Å². The van der Waals surface area contributed by atoms with Crippen molar-refractivity contribution in [2.24, 2.45) is 12.0 Å². The van der Waals surface area contributed by atoms with E-state index < -0.39 is 0 Å². The Bertz CT molecular complexity index is 845. The highest BCUT2D eigenvalue weighted by Gasteiger charge is 2.10. The molecule has 29 heavy (non-hydrogen) atoms. The molecule has 2 N–H and O–H groups in total. The van der Waals surface area contributed by atoms with Gasteiger partial charge in [0.05, 0.1) is 24.7 Å². The van der Waals surface area contributed by atoms with Gasteiger partial charge in [-0.3, -0.25) is 4.79 Å². The number of benzene rings is 1. The summed E-state index contributed by atoms with van der Waals surface area (Å²) in [5.74, 6) is 0.775. The van der Waals surface area contributed by atoms with Crippen molar-refractivity contribution in [1.29, 1.82) is 0 Å². The second-order valence-electron chi connectivity index (χ2n) is 7.27. The summed E-state index contributed by atoms with van der Waals surface area (Å²) in [6.45, 7) is 4.37. The van der Waals surface area contributed by atoms with Crippen LogP contribution >= 0.6 is 11.6 Å². The average Bonchev–Trinajstić information content (AvgIpc) is 2.95. The number of rotatable bonds is 8. The van der Waals surface area contributed by atoms with Gasteiger partial charge in [0.1, 0.15) is 0 Å². The van der Waals surface area contributed by atoms with Gasteiger partial charge in [0.15, 0.2) is 5.96 Å². The van der Waals surface area contributed by atoms with Crippen molar-refractivity contribution in [1.82, 2.24) is 19.7 Å². The van der Waals surface area contributed by atoms with E-state index in [1.54, 1.807) is 0 Å². The highest BCUT2D eigenvalue weighted by molar-refractivity contribution is 6.30. The Kier molecular flexibility index (Phi) is 8.54. The van der Waals surface area contributed by atoms with Gasteiger partial charge in [0, 0.05) is 38.2 Å². The van der Waals surface area contributed by atoms with Gasteiger partial charge in [-0.1, -0.05) is 23.7 Å². The van der Waals surface area contributed by atoms with Crippen LogP contribution in [-0.4, -0.2) is 60.5 Å². The summed E-state index contributed by atoms with van der Waals surface area (Å²) in [5, 5.41) is 6.97. The van der Waals surface area contributed by atoms with Crippen LogP contribution in [0.2, 0.25) is 5.02 Å². The smallest absolute Gasteiger partial charge is 0.238 e. The summed E-state index contributed by atoms with van der Waals surface area (Å²) in [6.07, 6.45) is 1.89. The molecule has 0 saturated carbocycles. The number of nitrogens with one attached hydrogen (secondary N) is 2. The lowest BCUT2D eigenvalue weighted by Crippen LogP contribution is -2.38. The van der Waals surface area contributed by atoms with Crippen LogP contribution in [0.1, 0.15) is 18.2 Å². The molecule has 1 amide bonds. The Labute approximate surface area is 178 Å². The Balaban J connectivity index is 2.06. The number of likely N-dealkylation sites (N-methyl/N-ethyl adjacent to an activating group) is 1. The van der Waals surface area contributed by atoms with Crippen LogP contribution in [0.25, 0.3) is 0 Å². The number of aryl methyl sites for hydroxylation is 1. The average molecular weight is 419 g/mol. The van der Waals surface area contributed by atoms with Crippen molar-refractivity contribution >= 4 is 29.2 Å². The molecule has 0 aliphatic carbocycles. The fraction of sp³-hybridized carbons (Fsp3) is 0.429. The Hall–Kier alpha value is -2.51. The van der Waals surface area contributed by atoms with Crippen LogP contribution in [-0.2, 0) is 24.9 Å². The first kappa shape index (κ1) is 22.8. The molecule has 7 nitrogen and oxygen atoms in total. The summed E-state index contributed by atoms with van der Waals surface area (Å²) in [6, 6.07) is 9.74. The van der Waals surface area contributed by atoms with Crippen molar-refractivity contribution in [2.75, 3.05) is 39.5 Å². The predicted molar refractivity (Wildman–Crippen MR) is 120 cm³/mol. The van der Waals surface area contributed by atoms with E-state index in [1.165, 1.54) is 0 Å². The van der Waals surface area contributed by atoms with Crippen LogP contribution in [0.15, 0.2) is 41.5 Å². The maximum absolute atomic E-state index is 12.0. The lowest BCUT2D eigenvalue weighted by Gasteiger charge is -2.22. The van der Waals surface area contributed by atoms with Crippen molar-refractivity contribution in [3.05, 3.63) is 52.8 Å². The fourth-order valence-corrected chi connectivity index (χ4v) is 3.18. The molecule has 8 heteroatoms. The number of halogens is 1. The van der Waals surface area contributed by atoms with Gasteiger partial charge in [-0.15, -0.1) is 0 Å². The molecule has 0 radical (unpaired) electrons. The van der Waals surface area contributed by atoms with E-state index in [4.69, 9.17) is 16.6 Å². The molecule has 0 fully saturated rings. The molecular formula is C21H31ClN6O. The molecule has 0 saturated heterocycles. The maximum atomic E-state index is 12.0. The summed E-state index contributed by atoms with van der Waals surface area (Å²) in [7, 11) is 7.72. The Morgan fingerprint density at radius 3 is 2.62 bits per heavy atom. The first-order valence-corrected chi connectivity index (χ1v) is 10.00. The zero-order valence-corrected chi connectivity index (χ0v) is 18.6. The minimum atomic E-state index is -0.0371. The topological polar surface area (TPSA) is 64.9 Å². The van der Waals surface area contributed by atoms with E-state index in [2.05, 4.69) is 15.5 Å². The van der Waals surface area contributed by atoms with Gasteiger partial charge in [0.25, 0.3) is 0 Å². The Morgan fingerprint density at radius 2 is 2.00 bits per heavy atom. The summed E-state index contributed by atoms with van der Waals surface area (Å²) in [5.41, 5.74) is 2.91. The van der Waals surface area contributed by atoms with Gasteiger partial charge < -0.3 is 25.0 Å². The molecule has 0 atom stereocenters.